The second-order valence-electron chi connectivity index (χ2n) is 8.81. The highest BCUT2D eigenvalue weighted by Gasteiger charge is 2.29. The second kappa shape index (κ2) is 8.80. The van der Waals surface area contributed by atoms with Crippen LogP contribution in [-0.2, 0) is 4.79 Å². The van der Waals surface area contributed by atoms with Crippen molar-refractivity contribution in [2.24, 2.45) is 5.41 Å². The van der Waals surface area contributed by atoms with Gasteiger partial charge in [-0.15, -0.1) is 0 Å². The summed E-state index contributed by atoms with van der Waals surface area (Å²) in [5.74, 6) is 0.974. The number of nitrogens with one attached hydrogen (secondary N) is 1. The van der Waals surface area contributed by atoms with Crippen LogP contribution in [0, 0.1) is 5.41 Å². The number of fused-ring (bicyclic) bond motifs is 1. The molecule has 3 heterocycles. The van der Waals surface area contributed by atoms with Gasteiger partial charge in [0, 0.05) is 43.4 Å². The fraction of sp³-hybridized carbons (Fsp3) is 0.435. The van der Waals surface area contributed by atoms with Crippen LogP contribution < -0.4 is 10.1 Å². The maximum atomic E-state index is 12.4. The molecule has 2 aromatic heterocycles. The minimum absolute atomic E-state index is 0.230. The lowest BCUT2D eigenvalue weighted by Crippen LogP contribution is -2.52. The van der Waals surface area contributed by atoms with E-state index in [9.17, 15) is 4.79 Å². The van der Waals surface area contributed by atoms with Crippen LogP contribution in [0.2, 0.25) is 0 Å². The summed E-state index contributed by atoms with van der Waals surface area (Å²) >= 11 is 1.65. The van der Waals surface area contributed by atoms with Gasteiger partial charge in [-0.05, 0) is 23.8 Å². The van der Waals surface area contributed by atoms with E-state index in [4.69, 9.17) is 9.72 Å². The van der Waals surface area contributed by atoms with Gasteiger partial charge in [-0.25, -0.2) is 4.98 Å². The molecule has 1 amide bonds. The molecule has 7 nitrogen and oxygen atoms in total. The third-order valence-electron chi connectivity index (χ3n) is 5.43. The quantitative estimate of drug-likeness (QED) is 0.650. The topological polar surface area (TPSA) is 70.6 Å². The number of hydrogen-bond acceptors (Lipinski definition) is 7. The summed E-state index contributed by atoms with van der Waals surface area (Å²) in [7, 11) is 1.65. The number of thiazole rings is 1. The Morgan fingerprint density at radius 2 is 1.90 bits per heavy atom. The number of nitrogens with zero attached hydrogens (tertiary/aromatic N) is 4. The smallest absolute Gasteiger partial charge is 0.228 e. The summed E-state index contributed by atoms with van der Waals surface area (Å²) in [6, 6.07) is 8.24. The summed E-state index contributed by atoms with van der Waals surface area (Å²) < 4.78 is 6.41. The first-order valence-corrected chi connectivity index (χ1v) is 11.3. The van der Waals surface area contributed by atoms with Crippen LogP contribution in [-0.4, -0.2) is 65.6 Å². The molecule has 0 radical (unpaired) electrons. The normalized spacial score (nSPS) is 15.3. The molecule has 4 rings (SSSR count). The zero-order chi connectivity index (χ0) is 22.0. The van der Waals surface area contributed by atoms with E-state index >= 15 is 0 Å². The van der Waals surface area contributed by atoms with E-state index in [-0.39, 0.29) is 11.3 Å². The molecular weight excluding hydrogens is 410 g/mol. The second-order valence-corrected chi connectivity index (χ2v) is 9.84. The lowest BCUT2D eigenvalue weighted by molar-refractivity contribution is -0.141. The fourth-order valence-electron chi connectivity index (χ4n) is 3.63. The van der Waals surface area contributed by atoms with Gasteiger partial charge in [0.2, 0.25) is 5.91 Å². The molecule has 164 valence electrons. The van der Waals surface area contributed by atoms with Crippen molar-refractivity contribution >= 4 is 32.6 Å². The van der Waals surface area contributed by atoms with E-state index in [0.29, 0.717) is 0 Å². The molecule has 1 aliphatic heterocycles. The van der Waals surface area contributed by atoms with Crippen molar-refractivity contribution in [2.45, 2.75) is 20.8 Å². The number of piperazine rings is 1. The van der Waals surface area contributed by atoms with Crippen molar-refractivity contribution in [3.63, 3.8) is 0 Å². The van der Waals surface area contributed by atoms with E-state index in [1.54, 1.807) is 24.6 Å². The molecule has 0 bridgehead atoms. The van der Waals surface area contributed by atoms with Crippen molar-refractivity contribution in [1.29, 1.82) is 0 Å². The average Bonchev–Trinajstić information content (AvgIpc) is 3.19. The van der Waals surface area contributed by atoms with Crippen molar-refractivity contribution in [1.82, 2.24) is 19.8 Å². The molecule has 1 saturated heterocycles. The van der Waals surface area contributed by atoms with Crippen LogP contribution in [0.15, 0.2) is 36.7 Å². The van der Waals surface area contributed by atoms with Crippen molar-refractivity contribution in [3.8, 4) is 16.9 Å². The SMILES string of the molecule is COc1cncc(-c2ccc3nc(NCN4CCN(C(=O)C(C)(C)C)CC4)sc3c2)c1. The third-order valence-corrected chi connectivity index (χ3v) is 6.40. The molecule has 8 heteroatoms. The zero-order valence-corrected chi connectivity index (χ0v) is 19.3. The third kappa shape index (κ3) is 4.97. The number of ether oxygens (including phenoxy) is 1. The number of amides is 1. The number of rotatable bonds is 5. The summed E-state index contributed by atoms with van der Waals surface area (Å²) in [4.78, 5) is 25.7. The Morgan fingerprint density at radius 1 is 1.13 bits per heavy atom. The Bertz CT molecular complexity index is 1070. The first-order valence-electron chi connectivity index (χ1n) is 10.5. The summed E-state index contributed by atoms with van der Waals surface area (Å²) in [5.41, 5.74) is 2.77. The zero-order valence-electron chi connectivity index (χ0n) is 18.5. The minimum Gasteiger partial charge on any atom is -0.495 e. The van der Waals surface area contributed by atoms with E-state index in [2.05, 4.69) is 27.3 Å². The van der Waals surface area contributed by atoms with E-state index in [1.807, 2.05) is 44.0 Å². The van der Waals surface area contributed by atoms with Gasteiger partial charge in [-0.3, -0.25) is 14.7 Å². The molecule has 1 aromatic carbocycles. The molecule has 0 spiro atoms. The minimum atomic E-state index is -0.318. The first-order chi connectivity index (χ1) is 14.8. The van der Waals surface area contributed by atoms with Gasteiger partial charge in [0.05, 0.1) is 30.2 Å². The Kier molecular flexibility index (Phi) is 6.11. The molecule has 1 aliphatic rings. The lowest BCUT2D eigenvalue weighted by Gasteiger charge is -2.37. The van der Waals surface area contributed by atoms with Crippen molar-refractivity contribution < 1.29 is 9.53 Å². The van der Waals surface area contributed by atoms with E-state index in [0.717, 1.165) is 65.1 Å². The predicted molar refractivity (Wildman–Crippen MR) is 126 cm³/mol. The molecule has 31 heavy (non-hydrogen) atoms. The number of hydrogen-bond donors (Lipinski definition) is 1. The van der Waals surface area contributed by atoms with E-state index < -0.39 is 0 Å². The molecular formula is C23H29N5O2S. The van der Waals surface area contributed by atoms with Crippen LogP contribution >= 0.6 is 11.3 Å². The van der Waals surface area contributed by atoms with Gasteiger partial charge >= 0.3 is 0 Å². The number of carbonyl (C=O) groups excluding carboxylic acids is 1. The first kappa shape index (κ1) is 21.5. The Labute approximate surface area is 187 Å². The summed E-state index contributed by atoms with van der Waals surface area (Å²) in [5, 5.41) is 4.36. The largest absolute Gasteiger partial charge is 0.495 e. The van der Waals surface area contributed by atoms with Crippen LogP contribution in [0.1, 0.15) is 20.8 Å². The number of anilines is 1. The van der Waals surface area contributed by atoms with Crippen LogP contribution in [0.4, 0.5) is 5.13 Å². The highest BCUT2D eigenvalue weighted by molar-refractivity contribution is 7.22. The number of aromatic nitrogens is 2. The number of methoxy groups -OCH3 is 1. The molecule has 0 unspecified atom stereocenters. The highest BCUT2D eigenvalue weighted by Crippen LogP contribution is 2.31. The summed E-state index contributed by atoms with van der Waals surface area (Å²) in [6.45, 7) is 9.94. The van der Waals surface area contributed by atoms with Gasteiger partial charge in [-0.1, -0.05) is 38.2 Å². The Morgan fingerprint density at radius 3 is 2.61 bits per heavy atom. The maximum absolute atomic E-state index is 12.4. The predicted octanol–water partition coefficient (Wildman–Crippen LogP) is 3.93. The van der Waals surface area contributed by atoms with Crippen molar-refractivity contribution in [2.75, 3.05) is 45.3 Å². The van der Waals surface area contributed by atoms with Crippen molar-refractivity contribution in [3.05, 3.63) is 36.7 Å². The molecule has 1 fully saturated rings. The molecule has 3 aromatic rings. The average molecular weight is 440 g/mol. The lowest BCUT2D eigenvalue weighted by atomic mass is 9.94. The molecule has 0 atom stereocenters. The summed E-state index contributed by atoms with van der Waals surface area (Å²) in [6.07, 6.45) is 3.55. The van der Waals surface area contributed by atoms with Gasteiger partial charge in [0.25, 0.3) is 0 Å². The van der Waals surface area contributed by atoms with Gasteiger partial charge in [0.1, 0.15) is 5.75 Å². The van der Waals surface area contributed by atoms with Crippen LogP contribution in [0.5, 0.6) is 5.75 Å². The Hall–Kier alpha value is -2.71. The van der Waals surface area contributed by atoms with Crippen LogP contribution in [0.3, 0.4) is 0 Å². The monoisotopic (exact) mass is 439 g/mol. The Balaban J connectivity index is 1.37. The van der Waals surface area contributed by atoms with Gasteiger partial charge in [-0.2, -0.15) is 0 Å². The van der Waals surface area contributed by atoms with Crippen LogP contribution in [0.25, 0.3) is 21.3 Å². The molecule has 0 aliphatic carbocycles. The standard InChI is InChI=1S/C23H29N5O2S/c1-23(2,3)21(29)28-9-7-27(8-10-28)15-25-22-26-19-6-5-16(12-20(19)31-22)17-11-18(30-4)14-24-13-17/h5-6,11-14H,7-10,15H2,1-4H3,(H,25,26). The maximum Gasteiger partial charge on any atom is 0.228 e. The highest BCUT2D eigenvalue weighted by atomic mass is 32.1. The van der Waals surface area contributed by atoms with E-state index in [1.165, 1.54) is 0 Å². The fourth-order valence-corrected chi connectivity index (χ4v) is 4.52. The number of carbonyl (C=O) groups is 1. The number of benzene rings is 1. The molecule has 1 N–H and O–H groups in total. The van der Waals surface area contributed by atoms with Gasteiger partial charge < -0.3 is 15.0 Å². The van der Waals surface area contributed by atoms with Gasteiger partial charge in [0.15, 0.2) is 5.13 Å². The molecule has 0 saturated carbocycles. The number of pyridine rings is 1.